The Morgan fingerprint density at radius 1 is 1.36 bits per heavy atom. The first-order chi connectivity index (χ1) is 6.81. The molecule has 14 heavy (non-hydrogen) atoms. The molecule has 76 valence electrons. The van der Waals surface area contributed by atoms with E-state index in [9.17, 15) is 4.79 Å². The number of nitrogens with zero attached hydrogens (tertiary/aromatic N) is 1. The van der Waals surface area contributed by atoms with Gasteiger partial charge < -0.3 is 9.47 Å². The molecule has 0 atom stereocenters. The zero-order valence-electron chi connectivity index (χ0n) is 8.32. The fourth-order valence-corrected chi connectivity index (χ4v) is 1.04. The Morgan fingerprint density at radius 3 is 2.64 bits per heavy atom. The lowest BCUT2D eigenvalue weighted by Crippen LogP contribution is -2.00. The zero-order chi connectivity index (χ0) is 10.4. The van der Waals surface area contributed by atoms with Gasteiger partial charge in [0.15, 0.2) is 12.0 Å². The SMILES string of the molecule is CCOc1cnc(C=O)c(OCC)c1. The van der Waals surface area contributed by atoms with Crippen LogP contribution in [0.3, 0.4) is 0 Å². The summed E-state index contributed by atoms with van der Waals surface area (Å²) in [5.41, 5.74) is 0.301. The first-order valence-corrected chi connectivity index (χ1v) is 4.52. The predicted molar refractivity (Wildman–Crippen MR) is 52.0 cm³/mol. The Balaban J connectivity index is 2.94. The molecule has 0 unspecified atom stereocenters. The maximum absolute atomic E-state index is 10.6. The Kier molecular flexibility index (Phi) is 3.91. The standard InChI is InChI=1S/C10H13NO3/c1-3-13-8-5-10(14-4-2)9(7-12)11-6-8/h5-7H,3-4H2,1-2H3. The lowest BCUT2D eigenvalue weighted by molar-refractivity contribution is 0.111. The molecule has 0 bridgehead atoms. The van der Waals surface area contributed by atoms with Gasteiger partial charge >= 0.3 is 0 Å². The molecule has 4 nitrogen and oxygen atoms in total. The summed E-state index contributed by atoms with van der Waals surface area (Å²) in [6, 6.07) is 1.67. The van der Waals surface area contributed by atoms with Gasteiger partial charge in [0.05, 0.1) is 19.4 Å². The van der Waals surface area contributed by atoms with E-state index in [-0.39, 0.29) is 0 Å². The van der Waals surface area contributed by atoms with Gasteiger partial charge in [0.1, 0.15) is 11.4 Å². The van der Waals surface area contributed by atoms with Crippen molar-refractivity contribution in [2.75, 3.05) is 13.2 Å². The van der Waals surface area contributed by atoms with E-state index < -0.39 is 0 Å². The molecule has 0 spiro atoms. The van der Waals surface area contributed by atoms with Crippen molar-refractivity contribution in [2.24, 2.45) is 0 Å². The molecule has 0 aliphatic heterocycles. The van der Waals surface area contributed by atoms with Crippen molar-refractivity contribution < 1.29 is 14.3 Å². The van der Waals surface area contributed by atoms with Gasteiger partial charge in [-0.15, -0.1) is 0 Å². The van der Waals surface area contributed by atoms with Gasteiger partial charge in [0.2, 0.25) is 0 Å². The second-order valence-corrected chi connectivity index (χ2v) is 2.54. The van der Waals surface area contributed by atoms with Crippen LogP contribution in [-0.4, -0.2) is 24.5 Å². The first-order valence-electron chi connectivity index (χ1n) is 4.52. The van der Waals surface area contributed by atoms with Gasteiger partial charge in [0.25, 0.3) is 0 Å². The molecular formula is C10H13NO3. The van der Waals surface area contributed by atoms with E-state index >= 15 is 0 Å². The Labute approximate surface area is 82.9 Å². The van der Waals surface area contributed by atoms with Crippen LogP contribution in [0.25, 0.3) is 0 Å². The van der Waals surface area contributed by atoms with E-state index in [0.717, 1.165) is 0 Å². The van der Waals surface area contributed by atoms with Crippen molar-refractivity contribution in [1.29, 1.82) is 0 Å². The van der Waals surface area contributed by atoms with Crippen LogP contribution in [0.15, 0.2) is 12.3 Å². The molecule has 0 aliphatic rings. The molecule has 1 aromatic heterocycles. The van der Waals surface area contributed by atoms with Crippen LogP contribution in [0.4, 0.5) is 0 Å². The number of pyridine rings is 1. The third-order valence-corrected chi connectivity index (χ3v) is 1.58. The smallest absolute Gasteiger partial charge is 0.172 e. The van der Waals surface area contributed by atoms with E-state index in [1.54, 1.807) is 6.07 Å². The summed E-state index contributed by atoms with van der Waals surface area (Å²) in [5, 5.41) is 0. The van der Waals surface area contributed by atoms with Gasteiger partial charge in [-0.05, 0) is 13.8 Å². The number of carbonyl (C=O) groups is 1. The lowest BCUT2D eigenvalue weighted by atomic mass is 10.3. The van der Waals surface area contributed by atoms with E-state index in [2.05, 4.69) is 4.98 Å². The molecule has 0 N–H and O–H groups in total. The van der Waals surface area contributed by atoms with Gasteiger partial charge in [-0.1, -0.05) is 0 Å². The van der Waals surface area contributed by atoms with Crippen LogP contribution in [0.5, 0.6) is 11.5 Å². The highest BCUT2D eigenvalue weighted by Crippen LogP contribution is 2.21. The topological polar surface area (TPSA) is 48.4 Å². The second kappa shape index (κ2) is 5.21. The van der Waals surface area contributed by atoms with Crippen LogP contribution in [0, 0.1) is 0 Å². The predicted octanol–water partition coefficient (Wildman–Crippen LogP) is 1.69. The van der Waals surface area contributed by atoms with Crippen molar-refractivity contribution >= 4 is 6.29 Å². The van der Waals surface area contributed by atoms with Crippen molar-refractivity contribution in [1.82, 2.24) is 4.98 Å². The number of hydrogen-bond donors (Lipinski definition) is 0. The summed E-state index contributed by atoms with van der Waals surface area (Å²) >= 11 is 0. The minimum atomic E-state index is 0.301. The van der Waals surface area contributed by atoms with Gasteiger partial charge in [-0.2, -0.15) is 0 Å². The number of carbonyl (C=O) groups excluding carboxylic acids is 1. The maximum Gasteiger partial charge on any atom is 0.172 e. The normalized spacial score (nSPS) is 9.57. The Morgan fingerprint density at radius 2 is 2.07 bits per heavy atom. The summed E-state index contributed by atoms with van der Waals surface area (Å²) in [4.78, 5) is 14.5. The molecule has 0 saturated heterocycles. The molecule has 0 saturated carbocycles. The first kappa shape index (κ1) is 10.5. The monoisotopic (exact) mass is 195 g/mol. The van der Waals surface area contributed by atoms with Crippen molar-refractivity contribution in [3.05, 3.63) is 18.0 Å². The van der Waals surface area contributed by atoms with Gasteiger partial charge in [0, 0.05) is 6.07 Å². The molecule has 1 rings (SSSR count). The molecule has 1 aromatic rings. The van der Waals surface area contributed by atoms with E-state index in [4.69, 9.17) is 9.47 Å². The van der Waals surface area contributed by atoms with Crippen molar-refractivity contribution in [2.45, 2.75) is 13.8 Å². The fourth-order valence-electron chi connectivity index (χ4n) is 1.04. The zero-order valence-corrected chi connectivity index (χ0v) is 8.32. The Bertz CT molecular complexity index is 312. The van der Waals surface area contributed by atoms with Crippen LogP contribution in [0.1, 0.15) is 24.3 Å². The van der Waals surface area contributed by atoms with Gasteiger partial charge in [-0.3, -0.25) is 4.79 Å². The summed E-state index contributed by atoms with van der Waals surface area (Å²) in [6.07, 6.45) is 2.18. The molecular weight excluding hydrogens is 182 g/mol. The lowest BCUT2D eigenvalue weighted by Gasteiger charge is -2.07. The third kappa shape index (κ3) is 2.45. The average Bonchev–Trinajstić information content (AvgIpc) is 2.19. The maximum atomic E-state index is 10.6. The largest absolute Gasteiger partial charge is 0.492 e. The molecule has 0 aromatic carbocycles. The molecule has 1 heterocycles. The molecule has 0 amide bonds. The van der Waals surface area contributed by atoms with E-state index in [1.807, 2.05) is 13.8 Å². The highest BCUT2D eigenvalue weighted by molar-refractivity contribution is 5.76. The van der Waals surface area contributed by atoms with Crippen LogP contribution in [0.2, 0.25) is 0 Å². The van der Waals surface area contributed by atoms with E-state index in [0.29, 0.717) is 36.7 Å². The molecule has 0 aliphatic carbocycles. The third-order valence-electron chi connectivity index (χ3n) is 1.58. The summed E-state index contributed by atoms with van der Waals surface area (Å²) < 4.78 is 10.5. The molecule has 0 radical (unpaired) electrons. The van der Waals surface area contributed by atoms with Crippen LogP contribution < -0.4 is 9.47 Å². The number of rotatable bonds is 5. The van der Waals surface area contributed by atoms with Crippen LogP contribution >= 0.6 is 0 Å². The quantitative estimate of drug-likeness (QED) is 0.671. The highest BCUT2D eigenvalue weighted by atomic mass is 16.5. The number of aromatic nitrogens is 1. The van der Waals surface area contributed by atoms with E-state index in [1.165, 1.54) is 6.20 Å². The Hall–Kier alpha value is -1.58. The van der Waals surface area contributed by atoms with Crippen LogP contribution in [-0.2, 0) is 0 Å². The minimum absolute atomic E-state index is 0.301. The summed E-state index contributed by atoms with van der Waals surface area (Å²) in [5.74, 6) is 1.08. The number of ether oxygens (including phenoxy) is 2. The summed E-state index contributed by atoms with van der Waals surface area (Å²) in [6.45, 7) is 4.79. The average molecular weight is 195 g/mol. The fraction of sp³-hybridized carbons (Fsp3) is 0.400. The molecule has 0 fully saturated rings. The number of hydrogen-bond acceptors (Lipinski definition) is 4. The van der Waals surface area contributed by atoms with Gasteiger partial charge in [-0.25, -0.2) is 4.98 Å². The van der Waals surface area contributed by atoms with Crippen molar-refractivity contribution in [3.8, 4) is 11.5 Å². The van der Waals surface area contributed by atoms with Crippen molar-refractivity contribution in [3.63, 3.8) is 0 Å². The second-order valence-electron chi connectivity index (χ2n) is 2.54. The number of aldehydes is 1. The summed E-state index contributed by atoms with van der Waals surface area (Å²) in [7, 11) is 0. The molecule has 4 heteroatoms. The highest BCUT2D eigenvalue weighted by Gasteiger charge is 2.05. The minimum Gasteiger partial charge on any atom is -0.492 e.